The Bertz CT molecular complexity index is 1090. The molecular weight excluding hydrogens is 420 g/mol. The molecule has 1 aliphatic rings. The second kappa shape index (κ2) is 10.8. The van der Waals surface area contributed by atoms with Crippen molar-refractivity contribution in [1.29, 1.82) is 0 Å². The van der Waals surface area contributed by atoms with E-state index in [0.717, 1.165) is 22.6 Å². The fourth-order valence-corrected chi connectivity index (χ4v) is 3.58. The molecule has 3 aromatic heterocycles. The van der Waals surface area contributed by atoms with Crippen LogP contribution in [0.4, 0.5) is 0 Å². The Balaban J connectivity index is 1.37. The third-order valence-electron chi connectivity index (χ3n) is 5.33. The van der Waals surface area contributed by atoms with Crippen molar-refractivity contribution in [3.8, 4) is 11.3 Å². The number of hydrogen-bond donors (Lipinski definition) is 2. The van der Waals surface area contributed by atoms with E-state index in [1.54, 1.807) is 25.5 Å². The highest BCUT2D eigenvalue weighted by atomic mass is 16.5. The van der Waals surface area contributed by atoms with Crippen molar-refractivity contribution in [3.63, 3.8) is 0 Å². The second-order valence-corrected chi connectivity index (χ2v) is 7.65. The number of nitrogens with one attached hydrogen (secondary N) is 2. The molecule has 4 heterocycles. The van der Waals surface area contributed by atoms with Gasteiger partial charge in [0.05, 0.1) is 36.8 Å². The first-order valence-electron chi connectivity index (χ1n) is 10.8. The molecule has 1 saturated heterocycles. The van der Waals surface area contributed by atoms with Crippen LogP contribution in [0.2, 0.25) is 0 Å². The molecule has 4 rings (SSSR count). The SMILES string of the molecule is CNC(=O)c1ccc(-c2cccc(C3CN(CC(=O)NCc4ccccn4)CCO3)n2)cn1. The van der Waals surface area contributed by atoms with Crippen LogP contribution in [0.25, 0.3) is 11.3 Å². The summed E-state index contributed by atoms with van der Waals surface area (Å²) < 4.78 is 5.95. The highest BCUT2D eigenvalue weighted by molar-refractivity contribution is 5.92. The summed E-state index contributed by atoms with van der Waals surface area (Å²) in [6.07, 6.45) is 3.11. The predicted octanol–water partition coefficient (Wildman–Crippen LogP) is 1.59. The lowest BCUT2D eigenvalue weighted by Gasteiger charge is -2.32. The van der Waals surface area contributed by atoms with Crippen molar-refractivity contribution < 1.29 is 14.3 Å². The van der Waals surface area contributed by atoms with Gasteiger partial charge in [-0.25, -0.2) is 4.98 Å². The van der Waals surface area contributed by atoms with Crippen LogP contribution < -0.4 is 10.6 Å². The maximum atomic E-state index is 12.4. The van der Waals surface area contributed by atoms with Crippen LogP contribution in [0.15, 0.2) is 60.9 Å². The fourth-order valence-electron chi connectivity index (χ4n) is 3.58. The molecule has 3 aromatic rings. The number of carbonyl (C=O) groups excluding carboxylic acids is 2. The van der Waals surface area contributed by atoms with Gasteiger partial charge in [0.25, 0.3) is 5.91 Å². The molecule has 1 atom stereocenters. The van der Waals surface area contributed by atoms with E-state index in [1.165, 1.54) is 0 Å². The van der Waals surface area contributed by atoms with Crippen molar-refractivity contribution in [2.24, 2.45) is 0 Å². The largest absolute Gasteiger partial charge is 0.369 e. The molecule has 1 fully saturated rings. The number of aromatic nitrogens is 3. The maximum Gasteiger partial charge on any atom is 0.269 e. The minimum Gasteiger partial charge on any atom is -0.369 e. The summed E-state index contributed by atoms with van der Waals surface area (Å²) >= 11 is 0. The number of rotatable bonds is 7. The number of nitrogens with zero attached hydrogens (tertiary/aromatic N) is 4. The fraction of sp³-hybridized carbons (Fsp3) is 0.292. The predicted molar refractivity (Wildman–Crippen MR) is 122 cm³/mol. The zero-order valence-corrected chi connectivity index (χ0v) is 18.4. The van der Waals surface area contributed by atoms with Crippen LogP contribution in [0.1, 0.15) is 28.0 Å². The Morgan fingerprint density at radius 3 is 2.79 bits per heavy atom. The van der Waals surface area contributed by atoms with Crippen molar-refractivity contribution in [3.05, 3.63) is 78.0 Å². The first kappa shape index (κ1) is 22.5. The van der Waals surface area contributed by atoms with E-state index in [4.69, 9.17) is 9.72 Å². The average Bonchev–Trinajstić information content (AvgIpc) is 2.88. The summed E-state index contributed by atoms with van der Waals surface area (Å²) in [6, 6.07) is 14.9. The molecule has 2 amide bonds. The third kappa shape index (κ3) is 5.97. The van der Waals surface area contributed by atoms with Gasteiger partial charge in [0.15, 0.2) is 0 Å². The quantitative estimate of drug-likeness (QED) is 0.567. The first-order chi connectivity index (χ1) is 16.1. The van der Waals surface area contributed by atoms with E-state index in [0.29, 0.717) is 31.9 Å². The Labute approximate surface area is 192 Å². The molecule has 1 aliphatic heterocycles. The lowest BCUT2D eigenvalue weighted by Crippen LogP contribution is -2.44. The minimum atomic E-state index is -0.236. The number of ether oxygens (including phenoxy) is 1. The maximum absolute atomic E-state index is 12.4. The smallest absolute Gasteiger partial charge is 0.269 e. The summed E-state index contributed by atoms with van der Waals surface area (Å²) in [5.41, 5.74) is 3.53. The van der Waals surface area contributed by atoms with Crippen LogP contribution in [-0.4, -0.2) is 65.0 Å². The lowest BCUT2D eigenvalue weighted by molar-refractivity contribution is -0.124. The molecule has 0 radical (unpaired) electrons. The van der Waals surface area contributed by atoms with E-state index in [-0.39, 0.29) is 24.5 Å². The second-order valence-electron chi connectivity index (χ2n) is 7.65. The third-order valence-corrected chi connectivity index (χ3v) is 5.33. The monoisotopic (exact) mass is 446 g/mol. The summed E-state index contributed by atoms with van der Waals surface area (Å²) in [4.78, 5) is 39.3. The number of carbonyl (C=O) groups is 2. The van der Waals surface area contributed by atoms with Crippen molar-refractivity contribution >= 4 is 11.8 Å². The Hall–Kier alpha value is -3.69. The number of hydrogen-bond acceptors (Lipinski definition) is 7. The van der Waals surface area contributed by atoms with Crippen LogP contribution in [-0.2, 0) is 16.1 Å². The van der Waals surface area contributed by atoms with E-state index >= 15 is 0 Å². The molecular formula is C24H26N6O3. The number of pyridine rings is 3. The van der Waals surface area contributed by atoms with Gasteiger partial charge in [0, 0.05) is 38.1 Å². The van der Waals surface area contributed by atoms with Crippen LogP contribution in [0, 0.1) is 0 Å². The molecule has 9 nitrogen and oxygen atoms in total. The van der Waals surface area contributed by atoms with Gasteiger partial charge in [0.1, 0.15) is 11.8 Å². The molecule has 0 aliphatic carbocycles. The molecule has 2 N–H and O–H groups in total. The molecule has 0 bridgehead atoms. The summed E-state index contributed by atoms with van der Waals surface area (Å²) in [5, 5.41) is 5.47. The average molecular weight is 447 g/mol. The van der Waals surface area contributed by atoms with Gasteiger partial charge in [-0.3, -0.25) is 24.5 Å². The summed E-state index contributed by atoms with van der Waals surface area (Å²) in [7, 11) is 1.57. The van der Waals surface area contributed by atoms with Crippen molar-refractivity contribution in [1.82, 2.24) is 30.5 Å². The molecule has 33 heavy (non-hydrogen) atoms. The Morgan fingerprint density at radius 1 is 1.12 bits per heavy atom. The zero-order valence-electron chi connectivity index (χ0n) is 18.4. The van der Waals surface area contributed by atoms with Crippen molar-refractivity contribution in [2.75, 3.05) is 33.3 Å². The Kier molecular flexibility index (Phi) is 7.33. The number of morpholine rings is 1. The van der Waals surface area contributed by atoms with Gasteiger partial charge < -0.3 is 15.4 Å². The molecule has 9 heteroatoms. The van der Waals surface area contributed by atoms with Crippen LogP contribution in [0.5, 0.6) is 0 Å². The van der Waals surface area contributed by atoms with Crippen LogP contribution in [0.3, 0.4) is 0 Å². The minimum absolute atomic E-state index is 0.0507. The zero-order chi connectivity index (χ0) is 23.0. The highest BCUT2D eigenvalue weighted by Crippen LogP contribution is 2.24. The van der Waals surface area contributed by atoms with E-state index < -0.39 is 0 Å². The molecule has 0 spiro atoms. The summed E-state index contributed by atoms with van der Waals surface area (Å²) in [5.74, 6) is -0.284. The molecule has 170 valence electrons. The van der Waals surface area contributed by atoms with Gasteiger partial charge in [-0.2, -0.15) is 0 Å². The van der Waals surface area contributed by atoms with Gasteiger partial charge in [-0.05, 0) is 36.4 Å². The standard InChI is InChI=1S/C24H26N6O3/c1-25-24(32)21-9-8-17(13-27-21)19-6-4-7-20(29-19)22-15-30(11-12-33-22)16-23(31)28-14-18-5-2-3-10-26-18/h2-10,13,22H,11-12,14-16H2,1H3,(H,25,32)(H,28,31). The Morgan fingerprint density at radius 2 is 2.03 bits per heavy atom. The van der Waals surface area contributed by atoms with Gasteiger partial charge >= 0.3 is 0 Å². The first-order valence-corrected chi connectivity index (χ1v) is 10.8. The highest BCUT2D eigenvalue weighted by Gasteiger charge is 2.24. The number of amides is 2. The molecule has 0 saturated carbocycles. The van der Waals surface area contributed by atoms with Crippen LogP contribution >= 0.6 is 0 Å². The molecule has 0 aromatic carbocycles. The van der Waals surface area contributed by atoms with Gasteiger partial charge in [-0.1, -0.05) is 12.1 Å². The van der Waals surface area contributed by atoms with E-state index in [1.807, 2.05) is 42.5 Å². The van der Waals surface area contributed by atoms with E-state index in [2.05, 4.69) is 25.5 Å². The van der Waals surface area contributed by atoms with Gasteiger partial charge in [0.2, 0.25) is 5.91 Å². The summed E-state index contributed by atoms with van der Waals surface area (Å²) in [6.45, 7) is 2.47. The normalized spacial score (nSPS) is 16.2. The topological polar surface area (TPSA) is 109 Å². The van der Waals surface area contributed by atoms with Gasteiger partial charge in [-0.15, -0.1) is 0 Å². The van der Waals surface area contributed by atoms with E-state index in [9.17, 15) is 9.59 Å². The van der Waals surface area contributed by atoms with Crippen molar-refractivity contribution in [2.45, 2.75) is 12.6 Å². The lowest BCUT2D eigenvalue weighted by atomic mass is 10.1. The molecule has 1 unspecified atom stereocenters.